The predicted octanol–water partition coefficient (Wildman–Crippen LogP) is 6.31. The van der Waals surface area contributed by atoms with Crippen LogP contribution in [0.5, 0.6) is 0 Å². The molecule has 0 bridgehead atoms. The number of hydrogen-bond acceptors (Lipinski definition) is 0. The minimum Gasteiger partial charge on any atom is -0.100 e. The second-order valence-corrected chi connectivity index (χ2v) is 7.41. The third-order valence-corrected chi connectivity index (χ3v) is 5.58. The summed E-state index contributed by atoms with van der Waals surface area (Å²) in [5.41, 5.74) is 4.62. The van der Waals surface area contributed by atoms with Crippen molar-refractivity contribution in [3.05, 3.63) is 35.5 Å². The molecule has 2 aliphatic carbocycles. The molecule has 0 heteroatoms. The van der Waals surface area contributed by atoms with Gasteiger partial charge in [0.05, 0.1) is 0 Å². The average Bonchev–Trinajstić information content (AvgIpc) is 2.38. The first kappa shape index (κ1) is 15.6. The maximum absolute atomic E-state index is 4.03. The molecule has 0 saturated heterocycles. The van der Waals surface area contributed by atoms with Gasteiger partial charge >= 0.3 is 0 Å². The molecule has 4 atom stereocenters. The van der Waals surface area contributed by atoms with Crippen LogP contribution in [0.3, 0.4) is 0 Å². The van der Waals surface area contributed by atoms with Crippen LogP contribution in [0.4, 0.5) is 0 Å². The summed E-state index contributed by atoms with van der Waals surface area (Å²) < 4.78 is 0. The van der Waals surface area contributed by atoms with Crippen LogP contribution < -0.4 is 0 Å². The molecule has 0 radical (unpaired) electrons. The lowest BCUT2D eigenvalue weighted by atomic mass is 9.63. The van der Waals surface area contributed by atoms with Crippen molar-refractivity contribution in [2.75, 3.05) is 0 Å². The Balaban J connectivity index is 2.02. The quantitative estimate of drug-likeness (QED) is 0.515. The van der Waals surface area contributed by atoms with E-state index in [0.29, 0.717) is 0 Å². The molecule has 0 aromatic heterocycles. The molecule has 2 aliphatic rings. The van der Waals surface area contributed by atoms with Gasteiger partial charge in [-0.3, -0.25) is 0 Å². The van der Waals surface area contributed by atoms with Crippen molar-refractivity contribution < 1.29 is 0 Å². The smallest absolute Gasteiger partial charge is 0.0131 e. The van der Waals surface area contributed by atoms with E-state index in [9.17, 15) is 0 Å². The zero-order valence-corrected chi connectivity index (χ0v) is 13.9. The number of hydrogen-bond donors (Lipinski definition) is 0. The lowest BCUT2D eigenvalue weighted by Crippen LogP contribution is -2.32. The van der Waals surface area contributed by atoms with Crippen LogP contribution in [0, 0.1) is 23.7 Å². The van der Waals surface area contributed by atoms with E-state index >= 15 is 0 Å². The Morgan fingerprint density at radius 3 is 2.85 bits per heavy atom. The van der Waals surface area contributed by atoms with Crippen LogP contribution in [0.2, 0.25) is 0 Å². The van der Waals surface area contributed by atoms with Crippen molar-refractivity contribution in [1.29, 1.82) is 0 Å². The Hall–Kier alpha value is -0.780. The van der Waals surface area contributed by atoms with Gasteiger partial charge in [-0.25, -0.2) is 0 Å². The fourth-order valence-corrected chi connectivity index (χ4v) is 4.24. The van der Waals surface area contributed by atoms with Gasteiger partial charge in [0.15, 0.2) is 0 Å². The highest BCUT2D eigenvalue weighted by Gasteiger charge is 2.36. The second-order valence-electron chi connectivity index (χ2n) is 7.41. The van der Waals surface area contributed by atoms with Gasteiger partial charge < -0.3 is 0 Å². The first-order valence-corrected chi connectivity index (χ1v) is 8.47. The Labute approximate surface area is 126 Å². The molecule has 0 fully saturated rings. The van der Waals surface area contributed by atoms with Crippen molar-refractivity contribution in [3.8, 4) is 0 Å². The number of fused-ring (bicyclic) bond motifs is 1. The van der Waals surface area contributed by atoms with Crippen molar-refractivity contribution >= 4 is 0 Å². The lowest BCUT2D eigenvalue weighted by Gasteiger charge is -2.42. The third-order valence-electron chi connectivity index (χ3n) is 5.58. The monoisotopic (exact) mass is 272 g/mol. The summed E-state index contributed by atoms with van der Waals surface area (Å²) >= 11 is 0. The van der Waals surface area contributed by atoms with E-state index in [2.05, 4.69) is 46.4 Å². The number of rotatable bonds is 5. The molecule has 0 N–H and O–H groups in total. The Bertz CT molecular complexity index is 410. The highest BCUT2D eigenvalue weighted by molar-refractivity contribution is 5.21. The summed E-state index contributed by atoms with van der Waals surface area (Å²) in [6.07, 6.45) is 13.0. The topological polar surface area (TPSA) is 0 Å². The van der Waals surface area contributed by atoms with Crippen molar-refractivity contribution in [2.24, 2.45) is 23.7 Å². The highest BCUT2D eigenvalue weighted by Crippen LogP contribution is 2.46. The molecule has 0 aromatic carbocycles. The van der Waals surface area contributed by atoms with E-state index in [4.69, 9.17) is 0 Å². The van der Waals surface area contributed by atoms with Crippen LogP contribution in [-0.2, 0) is 0 Å². The minimum atomic E-state index is 0.813. The van der Waals surface area contributed by atoms with Gasteiger partial charge in [0.25, 0.3) is 0 Å². The molecule has 20 heavy (non-hydrogen) atoms. The molecule has 0 spiro atoms. The summed E-state index contributed by atoms with van der Waals surface area (Å²) in [6.45, 7) is 13.3. The van der Waals surface area contributed by atoms with Crippen LogP contribution in [-0.4, -0.2) is 0 Å². The SMILES string of the molecule is C=C(C)CCC[C@@H](C)[C@@H]1CC=C(C)[C@@H]2CCC(C)=C[C@@H]12. The fourth-order valence-electron chi connectivity index (χ4n) is 4.24. The Kier molecular flexibility index (Phi) is 5.29. The van der Waals surface area contributed by atoms with Crippen LogP contribution in [0.25, 0.3) is 0 Å². The molecule has 2 rings (SSSR count). The summed E-state index contributed by atoms with van der Waals surface area (Å²) in [5.74, 6) is 3.35. The molecule has 0 aromatic rings. The van der Waals surface area contributed by atoms with E-state index in [-0.39, 0.29) is 0 Å². The predicted molar refractivity (Wildman–Crippen MR) is 89.7 cm³/mol. The second kappa shape index (κ2) is 6.78. The molecule has 0 unspecified atom stereocenters. The first-order valence-electron chi connectivity index (χ1n) is 8.47. The van der Waals surface area contributed by atoms with Crippen molar-refractivity contribution in [3.63, 3.8) is 0 Å². The largest absolute Gasteiger partial charge is 0.100 e. The summed E-state index contributed by atoms with van der Waals surface area (Å²) in [7, 11) is 0. The van der Waals surface area contributed by atoms with Gasteiger partial charge in [-0.2, -0.15) is 0 Å². The Morgan fingerprint density at radius 1 is 1.40 bits per heavy atom. The molecule has 0 amide bonds. The van der Waals surface area contributed by atoms with Crippen molar-refractivity contribution in [2.45, 2.75) is 66.2 Å². The first-order chi connectivity index (χ1) is 9.49. The van der Waals surface area contributed by atoms with Gasteiger partial charge in [0.1, 0.15) is 0 Å². The molecule has 112 valence electrons. The zero-order chi connectivity index (χ0) is 14.7. The van der Waals surface area contributed by atoms with Crippen LogP contribution in [0.1, 0.15) is 66.2 Å². The van der Waals surface area contributed by atoms with Gasteiger partial charge in [-0.05, 0) is 76.5 Å². The zero-order valence-electron chi connectivity index (χ0n) is 13.9. The standard InChI is InChI=1S/C20H32/c1-14(2)7-6-8-16(4)19-12-10-17(5)18-11-9-15(3)13-20(18)19/h10,13,16,18-20H,1,6-9,11-12H2,2-5H3/t16-,18+,19+,20-/m1/s1. The molecular formula is C20H32. The van der Waals surface area contributed by atoms with Crippen LogP contribution >= 0.6 is 0 Å². The van der Waals surface area contributed by atoms with Gasteiger partial charge in [-0.1, -0.05) is 42.2 Å². The van der Waals surface area contributed by atoms with E-state index in [1.54, 1.807) is 11.1 Å². The lowest BCUT2D eigenvalue weighted by molar-refractivity contribution is 0.190. The maximum Gasteiger partial charge on any atom is -0.0131 e. The molecule has 0 nitrogen and oxygen atoms in total. The van der Waals surface area contributed by atoms with Crippen LogP contribution in [0.15, 0.2) is 35.5 Å². The van der Waals surface area contributed by atoms with Crippen molar-refractivity contribution in [1.82, 2.24) is 0 Å². The normalized spacial score (nSPS) is 31.1. The maximum atomic E-state index is 4.03. The van der Waals surface area contributed by atoms with Gasteiger partial charge in [0, 0.05) is 0 Å². The van der Waals surface area contributed by atoms with E-state index in [1.807, 2.05) is 0 Å². The Morgan fingerprint density at radius 2 is 2.15 bits per heavy atom. The fraction of sp³-hybridized carbons (Fsp3) is 0.700. The molecule has 0 heterocycles. The summed E-state index contributed by atoms with van der Waals surface area (Å²) in [4.78, 5) is 0. The van der Waals surface area contributed by atoms with Gasteiger partial charge in [-0.15, -0.1) is 6.58 Å². The molecule has 0 aliphatic heterocycles. The average molecular weight is 272 g/mol. The number of allylic oxidation sites excluding steroid dienone is 5. The van der Waals surface area contributed by atoms with Gasteiger partial charge in [0.2, 0.25) is 0 Å². The van der Waals surface area contributed by atoms with E-state index < -0.39 is 0 Å². The summed E-state index contributed by atoms with van der Waals surface area (Å²) in [6, 6.07) is 0. The molecular weight excluding hydrogens is 240 g/mol. The van der Waals surface area contributed by atoms with E-state index in [1.165, 1.54) is 44.1 Å². The highest BCUT2D eigenvalue weighted by atomic mass is 14.4. The summed E-state index contributed by atoms with van der Waals surface area (Å²) in [5, 5.41) is 0. The molecule has 0 saturated carbocycles. The third kappa shape index (κ3) is 3.65. The minimum absolute atomic E-state index is 0.813. The van der Waals surface area contributed by atoms with E-state index in [0.717, 1.165) is 23.7 Å².